The van der Waals surface area contributed by atoms with E-state index in [1.54, 1.807) is 12.1 Å². The number of carbonyl (C=O) groups excluding carboxylic acids is 1. The molecule has 1 unspecified atom stereocenters. The molecule has 4 heteroatoms. The van der Waals surface area contributed by atoms with Gasteiger partial charge in [0.05, 0.1) is 10.6 Å². The number of hydrogen-bond acceptors (Lipinski definition) is 3. The van der Waals surface area contributed by atoms with E-state index >= 15 is 0 Å². The lowest BCUT2D eigenvalue weighted by molar-refractivity contribution is -0.114. The quantitative estimate of drug-likeness (QED) is 0.727. The Morgan fingerprint density at radius 2 is 1.61 bits per heavy atom. The minimum atomic E-state index is -2.95. The van der Waals surface area contributed by atoms with Gasteiger partial charge < -0.3 is 4.79 Å². The molecule has 18 heavy (non-hydrogen) atoms. The summed E-state index contributed by atoms with van der Waals surface area (Å²) in [5.41, 5.74) is 0.970. The van der Waals surface area contributed by atoms with Gasteiger partial charge in [0.15, 0.2) is 9.84 Å². The average molecular weight is 270 g/mol. The summed E-state index contributed by atoms with van der Waals surface area (Å²) < 4.78 is 22.9. The lowest BCUT2D eigenvalue weighted by Gasteiger charge is -1.98. The van der Waals surface area contributed by atoms with Gasteiger partial charge in [-0.25, -0.2) is 8.42 Å². The highest BCUT2D eigenvalue weighted by Crippen LogP contribution is 2.33. The highest BCUT2D eigenvalue weighted by Gasteiger charge is 2.30. The Hall–Kier alpha value is -1.16. The molecule has 2 rings (SSSR count). The van der Waals surface area contributed by atoms with Gasteiger partial charge in [-0.3, -0.25) is 0 Å². The van der Waals surface area contributed by atoms with Crippen LogP contribution in [0, 0.1) is 0 Å². The number of sulfone groups is 1. The van der Waals surface area contributed by atoms with E-state index in [0.717, 1.165) is 5.56 Å². The van der Waals surface area contributed by atoms with Crippen LogP contribution in [0.25, 0.3) is 0 Å². The van der Waals surface area contributed by atoms with E-state index in [0.29, 0.717) is 4.90 Å². The van der Waals surface area contributed by atoms with Crippen LogP contribution in [0.4, 0.5) is 0 Å². The van der Waals surface area contributed by atoms with Crippen LogP contribution in [0.15, 0.2) is 29.2 Å². The molecule has 1 aromatic rings. The van der Waals surface area contributed by atoms with Gasteiger partial charge in [0.2, 0.25) is 0 Å². The molecule has 1 aromatic carbocycles. The fourth-order valence-corrected chi connectivity index (χ4v) is 3.61. The first-order valence-corrected chi connectivity index (χ1v) is 7.78. The third-order valence-electron chi connectivity index (χ3n) is 2.25. The highest BCUT2D eigenvalue weighted by atomic mass is 32.2. The second-order valence-electron chi connectivity index (χ2n) is 4.13. The summed E-state index contributed by atoms with van der Waals surface area (Å²) in [5, 5.41) is 0. The van der Waals surface area contributed by atoms with Crippen molar-refractivity contribution in [2.75, 3.05) is 5.75 Å². The largest absolute Gasteiger partial charge is 0.300 e. The topological polar surface area (TPSA) is 51.2 Å². The second kappa shape index (κ2) is 7.31. The number of Topliss-reactive ketones (excluding diaryl/α,β-unsaturated/α-hetero) is 1. The van der Waals surface area contributed by atoms with Crippen molar-refractivity contribution in [3.63, 3.8) is 0 Å². The highest BCUT2D eigenvalue weighted by molar-refractivity contribution is 7.91. The fraction of sp³-hybridized carbons (Fsp3) is 0.500. The Labute approximate surface area is 110 Å². The van der Waals surface area contributed by atoms with Gasteiger partial charge in [0.1, 0.15) is 5.78 Å². The number of benzene rings is 1. The van der Waals surface area contributed by atoms with Gasteiger partial charge >= 0.3 is 0 Å². The summed E-state index contributed by atoms with van der Waals surface area (Å²) in [6.45, 7) is 9.00. The van der Waals surface area contributed by atoms with E-state index < -0.39 is 9.84 Å². The van der Waals surface area contributed by atoms with E-state index in [-0.39, 0.29) is 17.5 Å². The summed E-state index contributed by atoms with van der Waals surface area (Å²) >= 11 is 0. The first-order chi connectivity index (χ1) is 8.34. The predicted octanol–water partition coefficient (Wildman–Crippen LogP) is 3.20. The Bertz CT molecular complexity index is 486. The van der Waals surface area contributed by atoms with Crippen molar-refractivity contribution in [3.8, 4) is 0 Å². The van der Waals surface area contributed by atoms with Gasteiger partial charge in [-0.2, -0.15) is 0 Å². The maximum Gasteiger partial charge on any atom is 0.179 e. The van der Waals surface area contributed by atoms with Crippen molar-refractivity contribution in [1.82, 2.24) is 0 Å². The first-order valence-electron chi connectivity index (χ1n) is 6.13. The second-order valence-corrected chi connectivity index (χ2v) is 6.13. The predicted molar refractivity (Wildman–Crippen MR) is 74.6 cm³/mol. The van der Waals surface area contributed by atoms with Crippen molar-refractivity contribution >= 4 is 15.6 Å². The molecule has 0 radical (unpaired) electrons. The number of hydrogen-bond donors (Lipinski definition) is 0. The molecule has 3 nitrogen and oxygen atoms in total. The molecule has 0 spiro atoms. The van der Waals surface area contributed by atoms with Crippen LogP contribution in [0.3, 0.4) is 0 Å². The summed E-state index contributed by atoms with van der Waals surface area (Å²) in [5.74, 6) is 0.595. The normalized spacial score (nSPS) is 18.6. The van der Waals surface area contributed by atoms with Gasteiger partial charge in [-0.05, 0) is 31.4 Å². The molecular formula is C14H22O3S. The van der Waals surface area contributed by atoms with Crippen LogP contribution in [-0.2, 0) is 14.6 Å². The molecule has 0 N–H and O–H groups in total. The van der Waals surface area contributed by atoms with Gasteiger partial charge in [0.25, 0.3) is 0 Å². The van der Waals surface area contributed by atoms with Crippen LogP contribution in [0.1, 0.15) is 46.1 Å². The Morgan fingerprint density at radius 3 is 2.06 bits per heavy atom. The van der Waals surface area contributed by atoms with Crippen LogP contribution in [-0.4, -0.2) is 20.0 Å². The molecule has 0 bridgehead atoms. The molecule has 102 valence electrons. The summed E-state index contributed by atoms with van der Waals surface area (Å²) in [4.78, 5) is 9.97. The van der Waals surface area contributed by atoms with E-state index in [4.69, 9.17) is 0 Å². The van der Waals surface area contributed by atoms with Crippen molar-refractivity contribution in [3.05, 3.63) is 29.8 Å². The van der Waals surface area contributed by atoms with Crippen molar-refractivity contribution in [2.45, 2.75) is 45.4 Å². The van der Waals surface area contributed by atoms with Crippen LogP contribution < -0.4 is 0 Å². The maximum absolute atomic E-state index is 11.5. The van der Waals surface area contributed by atoms with Crippen LogP contribution in [0.5, 0.6) is 0 Å². The Kier molecular flexibility index (Phi) is 6.84. The lowest BCUT2D eigenvalue weighted by Crippen LogP contribution is -2.00. The van der Waals surface area contributed by atoms with E-state index in [2.05, 4.69) is 0 Å². The molecule has 1 atom stereocenters. The number of fused-ring (bicyclic) bond motifs is 1. The van der Waals surface area contributed by atoms with Gasteiger partial charge in [-0.1, -0.05) is 39.0 Å². The molecule has 1 heterocycles. The molecule has 1 aliphatic rings. The molecule has 0 aromatic heterocycles. The molecule has 0 fully saturated rings. The third kappa shape index (κ3) is 4.61. The Morgan fingerprint density at radius 1 is 1.17 bits per heavy atom. The molecule has 0 saturated heterocycles. The number of carbonyl (C=O) groups is 1. The standard InChI is InChI=1S/C9H10O2S.C3H6O.C2H6/c1-7-6-12(10,11)9-5-3-2-4-8(7)9;1-3(2)4;1-2/h2-5,7H,6H2,1H3;1-2H3;1-2H3. The van der Waals surface area contributed by atoms with Crippen molar-refractivity contribution < 1.29 is 13.2 Å². The zero-order chi connectivity index (χ0) is 14.3. The molecule has 0 amide bonds. The van der Waals surface area contributed by atoms with E-state index in [1.807, 2.05) is 32.9 Å². The molecule has 1 aliphatic heterocycles. The summed E-state index contributed by atoms with van der Waals surface area (Å²) in [6.07, 6.45) is 0. The van der Waals surface area contributed by atoms with Crippen molar-refractivity contribution in [2.24, 2.45) is 0 Å². The van der Waals surface area contributed by atoms with Gasteiger partial charge in [-0.15, -0.1) is 0 Å². The van der Waals surface area contributed by atoms with Crippen molar-refractivity contribution in [1.29, 1.82) is 0 Å². The minimum Gasteiger partial charge on any atom is -0.300 e. The summed E-state index contributed by atoms with van der Waals surface area (Å²) in [6, 6.07) is 7.24. The smallest absolute Gasteiger partial charge is 0.179 e. The zero-order valence-corrected chi connectivity index (χ0v) is 12.5. The average Bonchev–Trinajstić information content (AvgIpc) is 2.53. The maximum atomic E-state index is 11.5. The fourth-order valence-electron chi connectivity index (χ4n) is 1.68. The van der Waals surface area contributed by atoms with E-state index in [1.165, 1.54) is 13.8 Å². The SMILES string of the molecule is CC.CC(C)=O.CC1CS(=O)(=O)c2ccccc21. The molecule has 0 aliphatic carbocycles. The van der Waals surface area contributed by atoms with E-state index in [9.17, 15) is 13.2 Å². The first kappa shape index (κ1) is 16.8. The summed E-state index contributed by atoms with van der Waals surface area (Å²) in [7, 11) is -2.95. The monoisotopic (exact) mass is 270 g/mol. The van der Waals surface area contributed by atoms with Gasteiger partial charge in [0, 0.05) is 0 Å². The molecule has 0 saturated carbocycles. The lowest BCUT2D eigenvalue weighted by atomic mass is 10.0. The van der Waals surface area contributed by atoms with Crippen LogP contribution in [0.2, 0.25) is 0 Å². The number of rotatable bonds is 0. The van der Waals surface area contributed by atoms with Crippen LogP contribution >= 0.6 is 0 Å². The minimum absolute atomic E-state index is 0.159. The zero-order valence-electron chi connectivity index (χ0n) is 11.7. The molecular weight excluding hydrogens is 248 g/mol. The number of ketones is 1. The Balaban J connectivity index is 0.000000415. The third-order valence-corrected chi connectivity index (χ3v) is 4.24.